The van der Waals surface area contributed by atoms with Gasteiger partial charge in [-0.25, -0.2) is 0 Å². The number of hydrogen-bond acceptors (Lipinski definition) is 2. The summed E-state index contributed by atoms with van der Waals surface area (Å²) in [5, 5.41) is 9.19. The zero-order valence-electron chi connectivity index (χ0n) is 10.6. The molecule has 3 nitrogen and oxygen atoms in total. The van der Waals surface area contributed by atoms with Crippen LogP contribution in [-0.2, 0) is 0 Å². The molecular weight excluding hydrogens is 214 g/mol. The number of β-amino-alcohol motifs (C(OH)–C–C–N with tert-alkyl or cyclic N) is 1. The van der Waals surface area contributed by atoms with Gasteiger partial charge in [-0.15, -0.1) is 0 Å². The molecule has 1 saturated heterocycles. The van der Waals surface area contributed by atoms with E-state index in [4.69, 9.17) is 0 Å². The summed E-state index contributed by atoms with van der Waals surface area (Å²) in [6.45, 7) is 7.26. The number of aliphatic hydroxyl groups is 1. The number of hydrogen-bond donors (Lipinski definition) is 1. The molecule has 0 spiro atoms. The molecule has 1 aliphatic rings. The van der Waals surface area contributed by atoms with Gasteiger partial charge in [0.2, 0.25) is 0 Å². The van der Waals surface area contributed by atoms with Crippen molar-refractivity contribution in [1.29, 1.82) is 0 Å². The first-order valence-corrected chi connectivity index (χ1v) is 6.07. The van der Waals surface area contributed by atoms with Crippen LogP contribution in [0, 0.1) is 6.92 Å². The average Bonchev–Trinajstić information content (AvgIpc) is 2.23. The van der Waals surface area contributed by atoms with Crippen molar-refractivity contribution >= 4 is 5.91 Å². The van der Waals surface area contributed by atoms with Gasteiger partial charge in [0.25, 0.3) is 5.91 Å². The quantitative estimate of drug-likeness (QED) is 0.848. The fourth-order valence-electron chi connectivity index (χ4n) is 2.26. The number of nitrogens with zero attached hydrogens (tertiary/aromatic N) is 1. The second kappa shape index (κ2) is 4.49. The highest BCUT2D eigenvalue weighted by atomic mass is 16.3. The van der Waals surface area contributed by atoms with Crippen LogP contribution in [0.3, 0.4) is 0 Å². The zero-order valence-corrected chi connectivity index (χ0v) is 10.6. The molecule has 0 unspecified atom stereocenters. The molecule has 92 valence electrons. The summed E-state index contributed by atoms with van der Waals surface area (Å²) in [4.78, 5) is 13.7. The lowest BCUT2D eigenvalue weighted by Crippen LogP contribution is -2.53. The highest BCUT2D eigenvalue weighted by Crippen LogP contribution is 2.21. The Kier molecular flexibility index (Phi) is 3.20. The predicted octanol–water partition coefficient (Wildman–Crippen LogP) is 1.94. The van der Waals surface area contributed by atoms with Gasteiger partial charge in [-0.3, -0.25) is 4.79 Å². The largest absolute Gasteiger partial charge is 0.389 e. The second-order valence-corrected chi connectivity index (χ2v) is 5.09. The molecule has 1 aliphatic heterocycles. The van der Waals surface area contributed by atoms with Crippen molar-refractivity contribution in [1.82, 2.24) is 4.90 Å². The third-order valence-electron chi connectivity index (χ3n) is 3.29. The van der Waals surface area contributed by atoms with E-state index in [1.54, 1.807) is 4.90 Å². The number of carbonyl (C=O) groups excluding carboxylic acids is 1. The van der Waals surface area contributed by atoms with Crippen molar-refractivity contribution in [2.45, 2.75) is 32.8 Å². The maximum Gasteiger partial charge on any atom is 0.254 e. The van der Waals surface area contributed by atoms with Crippen molar-refractivity contribution < 1.29 is 9.90 Å². The molecule has 0 atom stereocenters. The monoisotopic (exact) mass is 233 g/mol. The number of benzene rings is 1. The van der Waals surface area contributed by atoms with E-state index in [9.17, 15) is 9.90 Å². The molecule has 1 fully saturated rings. The first-order valence-electron chi connectivity index (χ1n) is 6.07. The Morgan fingerprint density at radius 3 is 2.53 bits per heavy atom. The highest BCUT2D eigenvalue weighted by molar-refractivity contribution is 5.95. The van der Waals surface area contributed by atoms with E-state index in [-0.39, 0.29) is 12.0 Å². The van der Waals surface area contributed by atoms with Crippen LogP contribution >= 0.6 is 0 Å². The zero-order chi connectivity index (χ0) is 12.6. The fourth-order valence-corrected chi connectivity index (χ4v) is 2.26. The number of carbonyl (C=O) groups is 1. The molecule has 1 aromatic carbocycles. The van der Waals surface area contributed by atoms with Gasteiger partial charge in [-0.2, -0.15) is 0 Å². The number of rotatable bonds is 2. The lowest BCUT2D eigenvalue weighted by molar-refractivity contribution is 0.00589. The summed E-state index contributed by atoms with van der Waals surface area (Å²) in [6, 6.07) is 5.86. The summed E-state index contributed by atoms with van der Waals surface area (Å²) in [7, 11) is 0. The van der Waals surface area contributed by atoms with Crippen molar-refractivity contribution in [3.8, 4) is 0 Å². The van der Waals surface area contributed by atoms with Crippen molar-refractivity contribution in [2.24, 2.45) is 0 Å². The van der Waals surface area contributed by atoms with Gasteiger partial charge in [0.1, 0.15) is 0 Å². The van der Waals surface area contributed by atoms with Gasteiger partial charge < -0.3 is 10.0 Å². The molecule has 17 heavy (non-hydrogen) atoms. The van der Waals surface area contributed by atoms with Gasteiger partial charge in [0.05, 0.1) is 6.10 Å². The van der Waals surface area contributed by atoms with Crippen LogP contribution in [0.1, 0.15) is 41.3 Å². The molecular formula is C14H19NO2. The molecule has 1 N–H and O–H groups in total. The smallest absolute Gasteiger partial charge is 0.254 e. The number of aliphatic hydroxyl groups excluding tert-OH is 1. The first kappa shape index (κ1) is 12.1. The van der Waals surface area contributed by atoms with Crippen LogP contribution in [0.2, 0.25) is 0 Å². The molecule has 1 heterocycles. The summed E-state index contributed by atoms with van der Waals surface area (Å²) in [5.41, 5.74) is 3.16. The average molecular weight is 233 g/mol. The van der Waals surface area contributed by atoms with Gasteiger partial charge in [-0.05, 0) is 36.1 Å². The minimum Gasteiger partial charge on any atom is -0.389 e. The molecule has 0 saturated carbocycles. The number of amides is 1. The molecule has 0 aromatic heterocycles. The first-order chi connectivity index (χ1) is 7.99. The summed E-state index contributed by atoms with van der Waals surface area (Å²) < 4.78 is 0. The van der Waals surface area contributed by atoms with Crippen molar-refractivity contribution in [3.63, 3.8) is 0 Å². The SMILES string of the molecule is Cc1cc(C(=O)N2CC(O)C2)ccc1C(C)C. The Morgan fingerprint density at radius 2 is 2.06 bits per heavy atom. The second-order valence-electron chi connectivity index (χ2n) is 5.09. The molecule has 0 radical (unpaired) electrons. The number of aryl methyl sites for hydroxylation is 1. The van der Waals surface area contributed by atoms with Gasteiger partial charge >= 0.3 is 0 Å². The van der Waals surface area contributed by atoms with Crippen molar-refractivity contribution in [3.05, 3.63) is 34.9 Å². The van der Waals surface area contributed by atoms with E-state index in [1.807, 2.05) is 25.1 Å². The molecule has 0 bridgehead atoms. The molecule has 3 heteroatoms. The van der Waals surface area contributed by atoms with Crippen LogP contribution in [0.15, 0.2) is 18.2 Å². The summed E-state index contributed by atoms with van der Waals surface area (Å²) in [5.74, 6) is 0.499. The van der Waals surface area contributed by atoms with Crippen LogP contribution in [0.25, 0.3) is 0 Å². The van der Waals surface area contributed by atoms with E-state index < -0.39 is 0 Å². The Bertz CT molecular complexity index is 434. The van der Waals surface area contributed by atoms with E-state index >= 15 is 0 Å². The Balaban J connectivity index is 2.17. The fraction of sp³-hybridized carbons (Fsp3) is 0.500. The maximum absolute atomic E-state index is 12.0. The third kappa shape index (κ3) is 2.34. The Labute approximate surface area is 102 Å². The maximum atomic E-state index is 12.0. The van der Waals surface area contributed by atoms with E-state index in [0.717, 1.165) is 11.1 Å². The Hall–Kier alpha value is -1.35. The topological polar surface area (TPSA) is 40.5 Å². The summed E-state index contributed by atoms with van der Waals surface area (Å²) >= 11 is 0. The van der Waals surface area contributed by atoms with Gasteiger partial charge in [-0.1, -0.05) is 19.9 Å². The van der Waals surface area contributed by atoms with E-state index in [0.29, 0.717) is 19.0 Å². The van der Waals surface area contributed by atoms with Gasteiger partial charge in [0.15, 0.2) is 0 Å². The highest BCUT2D eigenvalue weighted by Gasteiger charge is 2.29. The minimum atomic E-state index is -0.338. The van der Waals surface area contributed by atoms with Gasteiger partial charge in [0, 0.05) is 18.7 Å². The number of likely N-dealkylation sites (tertiary alicyclic amines) is 1. The van der Waals surface area contributed by atoms with Crippen LogP contribution < -0.4 is 0 Å². The Morgan fingerprint density at radius 1 is 1.41 bits per heavy atom. The molecule has 2 rings (SSSR count). The predicted molar refractivity (Wildman–Crippen MR) is 67.2 cm³/mol. The van der Waals surface area contributed by atoms with Crippen molar-refractivity contribution in [2.75, 3.05) is 13.1 Å². The van der Waals surface area contributed by atoms with Crippen LogP contribution in [0.4, 0.5) is 0 Å². The van der Waals surface area contributed by atoms with E-state index in [2.05, 4.69) is 13.8 Å². The molecule has 1 aromatic rings. The van der Waals surface area contributed by atoms with Crippen LogP contribution in [-0.4, -0.2) is 35.1 Å². The third-order valence-corrected chi connectivity index (χ3v) is 3.29. The lowest BCUT2D eigenvalue weighted by atomic mass is 9.95. The summed E-state index contributed by atoms with van der Waals surface area (Å²) in [6.07, 6.45) is -0.338. The lowest BCUT2D eigenvalue weighted by Gasteiger charge is -2.36. The molecule has 0 aliphatic carbocycles. The van der Waals surface area contributed by atoms with Crippen LogP contribution in [0.5, 0.6) is 0 Å². The standard InChI is InChI=1S/C14H19NO2/c1-9(2)13-5-4-11(6-10(13)3)14(17)15-7-12(16)8-15/h4-6,9,12,16H,7-8H2,1-3H3. The van der Waals surface area contributed by atoms with E-state index in [1.165, 1.54) is 5.56 Å². The normalized spacial score (nSPS) is 16.2. The minimum absolute atomic E-state index is 0.0220. The molecule has 1 amide bonds.